The number of ether oxygens (including phenoxy) is 4. The number of Topliss-reactive ketones (excluding diaryl/α,β-unsaturated/α-hetero) is 1. The number of ketones is 1. The average Bonchev–Trinajstić information content (AvgIpc) is 2.97. The van der Waals surface area contributed by atoms with Gasteiger partial charge < -0.3 is 18.9 Å². The summed E-state index contributed by atoms with van der Waals surface area (Å²) in [5.41, 5.74) is -1.80. The number of aromatic nitrogens is 1. The van der Waals surface area contributed by atoms with Gasteiger partial charge in [-0.3, -0.25) is 9.59 Å². The Bertz CT molecular complexity index is 1180. The van der Waals surface area contributed by atoms with Gasteiger partial charge in [0, 0.05) is 24.4 Å². The Hall–Kier alpha value is -3.56. The van der Waals surface area contributed by atoms with Crippen molar-refractivity contribution >= 4 is 34.8 Å². The molecular weight excluding hydrogens is 444 g/mol. The zero-order chi connectivity index (χ0) is 25.6. The van der Waals surface area contributed by atoms with Gasteiger partial charge in [0.15, 0.2) is 17.3 Å². The fraction of sp³-hybridized carbons (Fsp3) is 0.500. The Balaban J connectivity index is 2.34. The van der Waals surface area contributed by atoms with Gasteiger partial charge in [-0.25, -0.2) is 19.1 Å². The van der Waals surface area contributed by atoms with E-state index in [1.165, 1.54) is 26.4 Å². The molecule has 0 spiro atoms. The summed E-state index contributed by atoms with van der Waals surface area (Å²) in [4.78, 5) is 53.8. The monoisotopic (exact) mass is 474 g/mol. The minimum atomic E-state index is -0.908. The third kappa shape index (κ3) is 4.71. The maximum Gasteiger partial charge on any atom is 0.419 e. The molecule has 0 bridgehead atoms. The van der Waals surface area contributed by atoms with Crippen LogP contribution < -0.4 is 9.47 Å². The molecule has 2 aromatic rings. The van der Waals surface area contributed by atoms with Gasteiger partial charge in [0.05, 0.1) is 25.3 Å². The quantitative estimate of drug-likeness (QED) is 0.629. The molecule has 0 atom stereocenters. The summed E-state index contributed by atoms with van der Waals surface area (Å²) in [5.74, 6) is -0.645. The Labute approximate surface area is 197 Å². The third-order valence-corrected chi connectivity index (χ3v) is 4.95. The zero-order valence-corrected chi connectivity index (χ0v) is 20.7. The highest BCUT2D eigenvalue weighted by Crippen LogP contribution is 2.39. The van der Waals surface area contributed by atoms with Gasteiger partial charge in [-0.05, 0) is 47.6 Å². The lowest BCUT2D eigenvalue weighted by Gasteiger charge is -2.26. The van der Waals surface area contributed by atoms with E-state index in [0.29, 0.717) is 11.1 Å². The van der Waals surface area contributed by atoms with Crippen LogP contribution in [0.5, 0.6) is 11.5 Å². The maximum absolute atomic E-state index is 13.7. The van der Waals surface area contributed by atoms with Crippen molar-refractivity contribution < 1.29 is 38.1 Å². The number of benzene rings is 1. The standard InChI is InChI=1S/C24H30N2O8/c1-23(2,3)33-21(29)25-10-9-15(27)18-13-11-16(31-7)17(32-8)12-14(13)26(19(18)20(25)28)22(30)34-24(4,5)6/h11-12H,9-10H2,1-8H3. The Morgan fingerprint density at radius 1 is 0.853 bits per heavy atom. The van der Waals surface area contributed by atoms with Crippen molar-refractivity contribution in [2.75, 3.05) is 20.8 Å². The molecule has 0 fully saturated rings. The first-order chi connectivity index (χ1) is 15.7. The van der Waals surface area contributed by atoms with Crippen LogP contribution in [0.15, 0.2) is 12.1 Å². The first kappa shape index (κ1) is 25.1. The fourth-order valence-electron chi connectivity index (χ4n) is 3.65. The molecule has 1 aromatic heterocycles. The minimum Gasteiger partial charge on any atom is -0.493 e. The largest absolute Gasteiger partial charge is 0.493 e. The van der Waals surface area contributed by atoms with E-state index in [1.54, 1.807) is 41.5 Å². The van der Waals surface area contributed by atoms with Crippen LogP contribution in [0.25, 0.3) is 10.9 Å². The Morgan fingerprint density at radius 2 is 1.38 bits per heavy atom. The molecule has 0 saturated heterocycles. The first-order valence-electron chi connectivity index (χ1n) is 10.8. The van der Waals surface area contributed by atoms with E-state index in [2.05, 4.69) is 0 Å². The maximum atomic E-state index is 13.7. The van der Waals surface area contributed by atoms with E-state index < -0.39 is 35.1 Å². The van der Waals surface area contributed by atoms with Crippen molar-refractivity contribution in [3.8, 4) is 11.5 Å². The van der Waals surface area contributed by atoms with Crippen LogP contribution in [-0.4, -0.2) is 65.3 Å². The van der Waals surface area contributed by atoms with Gasteiger partial charge in [0.25, 0.3) is 5.91 Å². The van der Waals surface area contributed by atoms with Crippen LogP contribution in [0.1, 0.15) is 68.8 Å². The smallest absolute Gasteiger partial charge is 0.419 e. The lowest BCUT2D eigenvalue weighted by atomic mass is 10.0. The topological polar surface area (TPSA) is 113 Å². The Morgan fingerprint density at radius 3 is 1.91 bits per heavy atom. The van der Waals surface area contributed by atoms with Crippen molar-refractivity contribution in [2.24, 2.45) is 0 Å². The second-order valence-electron chi connectivity index (χ2n) is 9.87. The number of carbonyl (C=O) groups excluding carboxylic acids is 4. The molecule has 0 N–H and O–H groups in total. The van der Waals surface area contributed by atoms with Crippen LogP contribution >= 0.6 is 0 Å². The number of methoxy groups -OCH3 is 2. The molecule has 1 aliphatic rings. The first-order valence-corrected chi connectivity index (χ1v) is 10.8. The molecule has 0 radical (unpaired) electrons. The fourth-order valence-corrected chi connectivity index (χ4v) is 3.65. The van der Waals surface area contributed by atoms with Crippen molar-refractivity contribution in [3.05, 3.63) is 23.4 Å². The summed E-state index contributed by atoms with van der Waals surface area (Å²) >= 11 is 0. The number of nitrogens with zero attached hydrogens (tertiary/aromatic N) is 2. The second kappa shape index (κ2) is 8.66. The highest BCUT2D eigenvalue weighted by molar-refractivity contribution is 6.21. The number of carbonyl (C=O) groups is 4. The zero-order valence-electron chi connectivity index (χ0n) is 20.7. The van der Waals surface area contributed by atoms with Crippen LogP contribution in [0, 0.1) is 0 Å². The van der Waals surface area contributed by atoms with Gasteiger partial charge in [-0.15, -0.1) is 0 Å². The normalized spacial score (nSPS) is 14.5. The molecule has 0 unspecified atom stereocenters. The highest BCUT2D eigenvalue weighted by atomic mass is 16.6. The predicted octanol–water partition coefficient (Wildman–Crippen LogP) is 4.41. The molecule has 2 heterocycles. The van der Waals surface area contributed by atoms with E-state index in [4.69, 9.17) is 18.9 Å². The summed E-state index contributed by atoms with van der Waals surface area (Å²) in [6.07, 6.45) is -1.92. The molecule has 2 amide bonds. The number of imide groups is 1. The highest BCUT2D eigenvalue weighted by Gasteiger charge is 2.40. The minimum absolute atomic E-state index is 0.0119. The summed E-state index contributed by atoms with van der Waals surface area (Å²) in [6, 6.07) is 3.02. The number of fused-ring (bicyclic) bond motifs is 3. The van der Waals surface area contributed by atoms with E-state index in [9.17, 15) is 19.2 Å². The summed E-state index contributed by atoms with van der Waals surface area (Å²) in [7, 11) is 2.86. The van der Waals surface area contributed by atoms with Gasteiger partial charge in [-0.1, -0.05) is 0 Å². The lowest BCUT2D eigenvalue weighted by Crippen LogP contribution is -2.42. The van der Waals surface area contributed by atoms with E-state index in [1.807, 2.05) is 0 Å². The molecule has 1 aliphatic heterocycles. The molecule has 184 valence electrons. The molecule has 10 heteroatoms. The van der Waals surface area contributed by atoms with Crippen molar-refractivity contribution in [3.63, 3.8) is 0 Å². The second-order valence-corrected chi connectivity index (χ2v) is 9.87. The summed E-state index contributed by atoms with van der Waals surface area (Å²) < 4.78 is 22.6. The Kier molecular flexibility index (Phi) is 6.38. The number of rotatable bonds is 2. The average molecular weight is 475 g/mol. The summed E-state index contributed by atoms with van der Waals surface area (Å²) in [5, 5.41) is 0.308. The number of hydrogen-bond acceptors (Lipinski definition) is 8. The molecule has 0 aliphatic carbocycles. The van der Waals surface area contributed by atoms with E-state index in [-0.39, 0.29) is 35.5 Å². The summed E-state index contributed by atoms with van der Waals surface area (Å²) in [6.45, 7) is 9.85. The lowest BCUT2D eigenvalue weighted by molar-refractivity contribution is 0.0236. The number of amides is 2. The molecule has 1 aromatic carbocycles. The molecule has 3 rings (SSSR count). The van der Waals surface area contributed by atoms with Gasteiger partial charge in [0.2, 0.25) is 0 Å². The third-order valence-electron chi connectivity index (χ3n) is 4.95. The van der Waals surface area contributed by atoms with Crippen LogP contribution in [0.3, 0.4) is 0 Å². The predicted molar refractivity (Wildman–Crippen MR) is 123 cm³/mol. The van der Waals surface area contributed by atoms with Crippen molar-refractivity contribution in [2.45, 2.75) is 59.2 Å². The van der Waals surface area contributed by atoms with Crippen molar-refractivity contribution in [1.82, 2.24) is 9.47 Å². The van der Waals surface area contributed by atoms with Gasteiger partial charge in [0.1, 0.15) is 16.9 Å². The van der Waals surface area contributed by atoms with E-state index >= 15 is 0 Å². The van der Waals surface area contributed by atoms with E-state index in [0.717, 1.165) is 9.47 Å². The molecule has 0 saturated carbocycles. The SMILES string of the molecule is COc1cc2c3c(n(C(=O)OC(C)(C)C)c2cc1OC)C(=O)N(C(=O)OC(C)(C)C)CCC3=O. The molecule has 34 heavy (non-hydrogen) atoms. The molecular formula is C24H30N2O8. The van der Waals surface area contributed by atoms with Gasteiger partial charge >= 0.3 is 12.2 Å². The molecule has 10 nitrogen and oxygen atoms in total. The number of hydrogen-bond donors (Lipinski definition) is 0. The van der Waals surface area contributed by atoms with Crippen molar-refractivity contribution in [1.29, 1.82) is 0 Å². The van der Waals surface area contributed by atoms with Crippen LogP contribution in [-0.2, 0) is 9.47 Å². The van der Waals surface area contributed by atoms with Gasteiger partial charge in [-0.2, -0.15) is 0 Å². The van der Waals surface area contributed by atoms with Crippen LogP contribution in [0.2, 0.25) is 0 Å². The van der Waals surface area contributed by atoms with Crippen LogP contribution in [0.4, 0.5) is 9.59 Å².